The summed E-state index contributed by atoms with van der Waals surface area (Å²) in [7, 11) is 3.70. The lowest BCUT2D eigenvalue weighted by Crippen LogP contribution is -2.25. The molecular weight excluding hydrogens is 458 g/mol. The third kappa shape index (κ3) is 4.90. The van der Waals surface area contributed by atoms with E-state index in [9.17, 15) is 28.3 Å². The molecule has 1 amide bonds. The molecule has 0 saturated heterocycles. The van der Waals surface area contributed by atoms with Gasteiger partial charge in [-0.2, -0.15) is 0 Å². The fourth-order valence-electron chi connectivity index (χ4n) is 3.82. The number of benzene rings is 3. The van der Waals surface area contributed by atoms with Crippen LogP contribution in [0, 0.1) is 11.6 Å². The Morgan fingerprint density at radius 1 is 1.00 bits per heavy atom. The van der Waals surface area contributed by atoms with Crippen molar-refractivity contribution < 1.29 is 33.0 Å². The largest absolute Gasteiger partial charge is 0.478 e. The first-order valence-corrected chi connectivity index (χ1v) is 10.7. The average molecular weight is 480 g/mol. The highest BCUT2D eigenvalue weighted by atomic mass is 19.2. The maximum absolute atomic E-state index is 13.8. The lowest BCUT2D eigenvalue weighted by atomic mass is 10.0. The van der Waals surface area contributed by atoms with Gasteiger partial charge < -0.3 is 19.6 Å². The van der Waals surface area contributed by atoms with Gasteiger partial charge in [-0.1, -0.05) is 18.2 Å². The summed E-state index contributed by atoms with van der Waals surface area (Å²) >= 11 is 0. The standard InChI is InChI=1S/C26H22F2N2O5/c1-29(2)9-10-35-26(34)17-3-4-18-14-30(24(31)20(18)11-17)23-13-16(5-7-19(23)25(32)33)15-6-8-21(27)22(28)12-15/h3-8,11-13H,9-10,14H2,1-2H3,(H,32,33). The number of anilines is 1. The van der Waals surface area contributed by atoms with E-state index >= 15 is 0 Å². The number of carboxylic acid groups (broad SMARTS) is 1. The van der Waals surface area contributed by atoms with E-state index in [1.165, 1.54) is 35.2 Å². The highest BCUT2D eigenvalue weighted by Gasteiger charge is 2.32. The van der Waals surface area contributed by atoms with Gasteiger partial charge in [0, 0.05) is 12.1 Å². The molecule has 1 aliphatic heterocycles. The number of aromatic carboxylic acids is 1. The topological polar surface area (TPSA) is 87.2 Å². The predicted octanol–water partition coefficient (Wildman–Crippen LogP) is 4.21. The Kier molecular flexibility index (Phi) is 6.61. The average Bonchev–Trinajstić information content (AvgIpc) is 3.15. The Morgan fingerprint density at radius 3 is 2.40 bits per heavy atom. The van der Waals surface area contributed by atoms with Crippen molar-refractivity contribution in [3.8, 4) is 11.1 Å². The molecule has 3 aromatic rings. The number of halogens is 2. The molecule has 0 spiro atoms. The first-order valence-electron chi connectivity index (χ1n) is 10.7. The smallest absolute Gasteiger partial charge is 0.338 e. The lowest BCUT2D eigenvalue weighted by Gasteiger charge is -2.19. The van der Waals surface area contributed by atoms with Gasteiger partial charge >= 0.3 is 11.9 Å². The maximum Gasteiger partial charge on any atom is 0.338 e. The maximum atomic E-state index is 13.8. The molecule has 1 heterocycles. The van der Waals surface area contributed by atoms with Crippen LogP contribution in [-0.4, -0.2) is 55.1 Å². The second kappa shape index (κ2) is 9.63. The van der Waals surface area contributed by atoms with E-state index in [1.807, 2.05) is 19.0 Å². The number of esters is 1. The van der Waals surface area contributed by atoms with Gasteiger partial charge in [-0.3, -0.25) is 4.79 Å². The zero-order chi connectivity index (χ0) is 25.3. The number of carbonyl (C=O) groups excluding carboxylic acids is 2. The number of nitrogens with zero attached hydrogens (tertiary/aromatic N) is 2. The molecule has 9 heteroatoms. The number of hydrogen-bond acceptors (Lipinski definition) is 5. The molecule has 7 nitrogen and oxygen atoms in total. The van der Waals surface area contributed by atoms with Crippen LogP contribution < -0.4 is 4.90 Å². The Bertz CT molecular complexity index is 1340. The van der Waals surface area contributed by atoms with Gasteiger partial charge in [-0.25, -0.2) is 18.4 Å². The summed E-state index contributed by atoms with van der Waals surface area (Å²) in [5.41, 5.74) is 1.83. The predicted molar refractivity (Wildman–Crippen MR) is 125 cm³/mol. The molecule has 0 atom stereocenters. The minimum atomic E-state index is -1.24. The molecule has 1 aliphatic rings. The molecule has 180 valence electrons. The Hall–Kier alpha value is -4.11. The molecule has 0 saturated carbocycles. The normalized spacial score (nSPS) is 12.7. The summed E-state index contributed by atoms with van der Waals surface area (Å²) in [5.74, 6) is -4.33. The van der Waals surface area contributed by atoms with Crippen molar-refractivity contribution in [1.82, 2.24) is 4.90 Å². The van der Waals surface area contributed by atoms with E-state index in [1.54, 1.807) is 12.1 Å². The molecule has 0 radical (unpaired) electrons. The fourth-order valence-corrected chi connectivity index (χ4v) is 3.82. The van der Waals surface area contributed by atoms with Crippen LogP contribution in [-0.2, 0) is 11.3 Å². The van der Waals surface area contributed by atoms with Crippen LogP contribution in [0.15, 0.2) is 54.6 Å². The third-order valence-corrected chi connectivity index (χ3v) is 5.69. The number of ether oxygens (including phenoxy) is 1. The van der Waals surface area contributed by atoms with Crippen molar-refractivity contribution in [3.63, 3.8) is 0 Å². The van der Waals surface area contributed by atoms with E-state index < -0.39 is 29.5 Å². The minimum Gasteiger partial charge on any atom is -0.478 e. The minimum absolute atomic E-state index is 0.0889. The number of likely N-dealkylation sites (N-methyl/N-ethyl adjacent to an activating group) is 1. The van der Waals surface area contributed by atoms with Gasteiger partial charge in [-0.15, -0.1) is 0 Å². The van der Waals surface area contributed by atoms with E-state index in [0.717, 1.165) is 12.1 Å². The van der Waals surface area contributed by atoms with Crippen LogP contribution in [0.4, 0.5) is 14.5 Å². The Labute approximate surface area is 200 Å². The molecule has 0 bridgehead atoms. The second-order valence-corrected chi connectivity index (χ2v) is 8.37. The molecule has 0 aliphatic carbocycles. The van der Waals surface area contributed by atoms with Crippen molar-refractivity contribution in [1.29, 1.82) is 0 Å². The first kappa shape index (κ1) is 24.0. The highest BCUT2D eigenvalue weighted by molar-refractivity contribution is 6.13. The zero-order valence-electron chi connectivity index (χ0n) is 19.0. The van der Waals surface area contributed by atoms with Crippen LogP contribution >= 0.6 is 0 Å². The fraction of sp³-hybridized carbons (Fsp3) is 0.192. The number of hydrogen-bond donors (Lipinski definition) is 1. The van der Waals surface area contributed by atoms with Crippen molar-refractivity contribution in [3.05, 3.63) is 88.5 Å². The summed E-state index contributed by atoms with van der Waals surface area (Å²) in [6.07, 6.45) is 0. The summed E-state index contributed by atoms with van der Waals surface area (Å²) in [6.45, 7) is 0.836. The van der Waals surface area contributed by atoms with Gasteiger partial charge in [0.15, 0.2) is 11.6 Å². The number of amides is 1. The summed E-state index contributed by atoms with van der Waals surface area (Å²) < 4.78 is 32.4. The van der Waals surface area contributed by atoms with Crippen molar-refractivity contribution in [2.75, 3.05) is 32.1 Å². The number of carbonyl (C=O) groups is 3. The molecule has 0 fully saturated rings. The van der Waals surface area contributed by atoms with Crippen molar-refractivity contribution in [2.24, 2.45) is 0 Å². The van der Waals surface area contributed by atoms with E-state index in [2.05, 4.69) is 0 Å². The second-order valence-electron chi connectivity index (χ2n) is 8.37. The first-order chi connectivity index (χ1) is 16.7. The third-order valence-electron chi connectivity index (χ3n) is 5.69. The van der Waals surface area contributed by atoms with E-state index in [-0.39, 0.29) is 35.5 Å². The quantitative estimate of drug-likeness (QED) is 0.510. The summed E-state index contributed by atoms with van der Waals surface area (Å²) in [4.78, 5) is 40.7. The molecule has 0 aromatic heterocycles. The molecule has 35 heavy (non-hydrogen) atoms. The monoisotopic (exact) mass is 480 g/mol. The molecule has 0 unspecified atom stereocenters. The number of fused-ring (bicyclic) bond motifs is 1. The van der Waals surface area contributed by atoms with Crippen LogP contribution in [0.5, 0.6) is 0 Å². The molecule has 1 N–H and O–H groups in total. The molecule has 3 aromatic carbocycles. The number of carboxylic acids is 1. The van der Waals surface area contributed by atoms with E-state index in [4.69, 9.17) is 4.74 Å². The van der Waals surface area contributed by atoms with Crippen molar-refractivity contribution in [2.45, 2.75) is 6.54 Å². The van der Waals surface area contributed by atoms with Crippen LogP contribution in [0.1, 0.15) is 36.6 Å². The van der Waals surface area contributed by atoms with Crippen LogP contribution in [0.25, 0.3) is 11.1 Å². The van der Waals surface area contributed by atoms with Gasteiger partial charge in [-0.05, 0) is 67.2 Å². The number of rotatable bonds is 7. The van der Waals surface area contributed by atoms with Crippen LogP contribution in [0.2, 0.25) is 0 Å². The van der Waals surface area contributed by atoms with Gasteiger partial charge in [0.25, 0.3) is 5.91 Å². The lowest BCUT2D eigenvalue weighted by molar-refractivity contribution is 0.0481. The van der Waals surface area contributed by atoms with Gasteiger partial charge in [0.2, 0.25) is 0 Å². The Morgan fingerprint density at radius 2 is 1.71 bits per heavy atom. The zero-order valence-corrected chi connectivity index (χ0v) is 19.0. The molecular formula is C26H22F2N2O5. The van der Waals surface area contributed by atoms with Crippen LogP contribution in [0.3, 0.4) is 0 Å². The van der Waals surface area contributed by atoms with Gasteiger partial charge in [0.05, 0.1) is 23.4 Å². The summed E-state index contributed by atoms with van der Waals surface area (Å²) in [5, 5.41) is 9.70. The SMILES string of the molecule is CN(C)CCOC(=O)c1ccc2c(c1)C(=O)N(c1cc(-c3ccc(F)c(F)c3)ccc1C(=O)O)C2. The van der Waals surface area contributed by atoms with E-state index in [0.29, 0.717) is 23.2 Å². The summed E-state index contributed by atoms with van der Waals surface area (Å²) in [6, 6.07) is 12.2. The molecule has 4 rings (SSSR count). The van der Waals surface area contributed by atoms with Gasteiger partial charge in [0.1, 0.15) is 6.61 Å². The highest BCUT2D eigenvalue weighted by Crippen LogP contribution is 2.35. The van der Waals surface area contributed by atoms with Crippen molar-refractivity contribution >= 4 is 23.5 Å². The Balaban J connectivity index is 1.66.